The molecular formula is C24H28F3N3O5S2. The van der Waals surface area contributed by atoms with E-state index in [9.17, 15) is 26.7 Å². The average Bonchev–Trinajstić information content (AvgIpc) is 3.21. The molecule has 0 amide bonds. The van der Waals surface area contributed by atoms with Crippen LogP contribution in [0.5, 0.6) is 11.5 Å². The van der Waals surface area contributed by atoms with Crippen LogP contribution in [0.4, 0.5) is 13.2 Å². The number of aliphatic hydroxyl groups is 1. The molecule has 0 unspecified atom stereocenters. The smallest absolute Gasteiger partial charge is 0.491 e. The number of β-amino-alcohol motifs (C(OH)–C–C–N with tert-alkyl or cyclic N) is 1. The number of halogens is 3. The highest BCUT2D eigenvalue weighted by Crippen LogP contribution is 2.26. The van der Waals surface area contributed by atoms with E-state index in [0.717, 1.165) is 27.4 Å². The van der Waals surface area contributed by atoms with Crippen molar-refractivity contribution in [2.24, 2.45) is 0 Å². The van der Waals surface area contributed by atoms with Crippen molar-refractivity contribution in [1.82, 2.24) is 14.8 Å². The van der Waals surface area contributed by atoms with Gasteiger partial charge in [-0.05, 0) is 37.3 Å². The highest BCUT2D eigenvalue weighted by Gasteiger charge is 2.31. The molecule has 1 aliphatic rings. The number of piperazine rings is 1. The minimum absolute atomic E-state index is 0.143. The van der Waals surface area contributed by atoms with Gasteiger partial charge in [0.05, 0.1) is 25.9 Å². The van der Waals surface area contributed by atoms with Crippen molar-refractivity contribution < 1.29 is 36.2 Å². The molecule has 202 valence electrons. The first-order valence-electron chi connectivity index (χ1n) is 11.7. The number of rotatable bonds is 10. The second-order valence-electron chi connectivity index (χ2n) is 8.81. The first-order chi connectivity index (χ1) is 17.5. The van der Waals surface area contributed by atoms with Gasteiger partial charge in [-0.3, -0.25) is 9.80 Å². The van der Waals surface area contributed by atoms with E-state index in [-0.39, 0.29) is 23.8 Å². The highest BCUT2D eigenvalue weighted by atomic mass is 32.2. The van der Waals surface area contributed by atoms with Gasteiger partial charge in [-0.25, -0.2) is 13.4 Å². The van der Waals surface area contributed by atoms with Crippen molar-refractivity contribution in [3.8, 4) is 11.5 Å². The van der Waals surface area contributed by atoms with Crippen LogP contribution in [0.15, 0.2) is 47.4 Å². The molecule has 0 saturated carbocycles. The predicted molar refractivity (Wildman–Crippen MR) is 134 cm³/mol. The Hall–Kier alpha value is -2.45. The van der Waals surface area contributed by atoms with Crippen LogP contribution in [0.25, 0.3) is 10.2 Å². The second-order valence-corrected chi connectivity index (χ2v) is 12.2. The molecule has 37 heavy (non-hydrogen) atoms. The number of hydrogen-bond acceptors (Lipinski definition) is 9. The van der Waals surface area contributed by atoms with Gasteiger partial charge in [0.1, 0.15) is 24.2 Å². The quantitative estimate of drug-likeness (QED) is 0.405. The van der Waals surface area contributed by atoms with Gasteiger partial charge in [0.15, 0.2) is 9.84 Å². The lowest BCUT2D eigenvalue weighted by Crippen LogP contribution is -2.50. The maximum absolute atomic E-state index is 12.6. The summed E-state index contributed by atoms with van der Waals surface area (Å²) in [5.41, 5.74) is 0.870. The van der Waals surface area contributed by atoms with E-state index < -0.39 is 28.1 Å². The summed E-state index contributed by atoms with van der Waals surface area (Å²) in [4.78, 5) is 8.31. The zero-order valence-corrected chi connectivity index (χ0v) is 21.8. The number of alkyl halides is 3. The van der Waals surface area contributed by atoms with Gasteiger partial charge in [0, 0.05) is 45.3 Å². The van der Waals surface area contributed by atoms with Gasteiger partial charge in [0.25, 0.3) is 0 Å². The van der Waals surface area contributed by atoms with Crippen LogP contribution in [0.3, 0.4) is 0 Å². The fourth-order valence-corrected chi connectivity index (χ4v) is 6.21. The maximum atomic E-state index is 12.6. The summed E-state index contributed by atoms with van der Waals surface area (Å²) < 4.78 is 73.2. The third-order valence-corrected chi connectivity index (χ3v) is 8.56. The molecule has 1 aliphatic heterocycles. The number of aliphatic hydroxyl groups excluding tert-OH is 1. The third-order valence-electron chi connectivity index (χ3n) is 5.92. The van der Waals surface area contributed by atoms with Crippen LogP contribution in [0, 0.1) is 6.92 Å². The summed E-state index contributed by atoms with van der Waals surface area (Å²) in [5.74, 6) is -0.135. The number of aromatic nitrogens is 1. The van der Waals surface area contributed by atoms with Gasteiger partial charge >= 0.3 is 6.36 Å². The molecule has 0 aliphatic carbocycles. The van der Waals surface area contributed by atoms with Crippen molar-refractivity contribution in [3.63, 3.8) is 0 Å². The minimum Gasteiger partial charge on any atom is -0.491 e. The van der Waals surface area contributed by atoms with Crippen LogP contribution in [0.1, 0.15) is 5.01 Å². The van der Waals surface area contributed by atoms with Gasteiger partial charge in [-0.2, -0.15) is 0 Å². The molecular weight excluding hydrogens is 531 g/mol. The number of benzene rings is 2. The molecule has 0 bridgehead atoms. The number of aryl methyl sites for hydroxylation is 1. The van der Waals surface area contributed by atoms with Crippen LogP contribution in [0.2, 0.25) is 0 Å². The number of hydrogen-bond donors (Lipinski definition) is 1. The van der Waals surface area contributed by atoms with Crippen molar-refractivity contribution in [1.29, 1.82) is 0 Å². The van der Waals surface area contributed by atoms with Crippen LogP contribution < -0.4 is 9.47 Å². The molecule has 2 heterocycles. The molecule has 2 aromatic carbocycles. The molecule has 1 atom stereocenters. The molecule has 1 aromatic heterocycles. The Bertz CT molecular complexity index is 1310. The third kappa shape index (κ3) is 8.01. The largest absolute Gasteiger partial charge is 0.573 e. The predicted octanol–water partition coefficient (Wildman–Crippen LogP) is 3.33. The van der Waals surface area contributed by atoms with E-state index in [1.165, 1.54) is 12.1 Å². The molecule has 8 nitrogen and oxygen atoms in total. The van der Waals surface area contributed by atoms with Gasteiger partial charge in [0.2, 0.25) is 0 Å². The van der Waals surface area contributed by atoms with Gasteiger partial charge < -0.3 is 14.6 Å². The standard InChI is InChI=1S/C24H28F3N3O5S2/c1-17-28-22-14-19(5-6-23(22)36-17)34-16-18(31)15-30-9-7-29(8-10-30)11-12-37(32,33)21-4-2-3-20(13-21)35-24(25,26)27/h2-6,13-14,18,31H,7-12,15-16H2,1H3/t18-/m1/s1. The lowest BCUT2D eigenvalue weighted by Gasteiger charge is -2.35. The zero-order valence-electron chi connectivity index (χ0n) is 20.1. The van der Waals surface area contributed by atoms with Gasteiger partial charge in [-0.15, -0.1) is 24.5 Å². The van der Waals surface area contributed by atoms with Crippen LogP contribution in [-0.4, -0.2) is 92.4 Å². The van der Waals surface area contributed by atoms with E-state index in [1.807, 2.05) is 30.0 Å². The Labute approximate surface area is 217 Å². The van der Waals surface area contributed by atoms with E-state index >= 15 is 0 Å². The topological polar surface area (TPSA) is 92.2 Å². The summed E-state index contributed by atoms with van der Waals surface area (Å²) >= 11 is 1.61. The second kappa shape index (κ2) is 11.5. The number of nitrogens with zero attached hydrogens (tertiary/aromatic N) is 3. The maximum Gasteiger partial charge on any atom is 0.573 e. The fraction of sp³-hybridized carbons (Fsp3) is 0.458. The molecule has 3 aromatic rings. The van der Waals surface area contributed by atoms with E-state index in [4.69, 9.17) is 4.74 Å². The number of thiazole rings is 1. The number of fused-ring (bicyclic) bond motifs is 1. The summed E-state index contributed by atoms with van der Waals surface area (Å²) in [7, 11) is -3.78. The van der Waals surface area contributed by atoms with E-state index in [2.05, 4.69) is 14.6 Å². The summed E-state index contributed by atoms with van der Waals surface area (Å²) in [6, 6.07) is 10.1. The summed E-state index contributed by atoms with van der Waals surface area (Å²) in [6.07, 6.45) is -5.58. The summed E-state index contributed by atoms with van der Waals surface area (Å²) in [5, 5.41) is 11.4. The molecule has 1 N–H and O–H groups in total. The lowest BCUT2D eigenvalue weighted by molar-refractivity contribution is -0.274. The first kappa shape index (κ1) is 27.6. The van der Waals surface area contributed by atoms with E-state index in [0.29, 0.717) is 38.5 Å². The SMILES string of the molecule is Cc1nc2cc(OC[C@H](O)CN3CCN(CCS(=O)(=O)c4cccc(OC(F)(F)F)c4)CC3)ccc2s1. The Kier molecular flexibility index (Phi) is 8.59. The number of sulfone groups is 1. The van der Waals surface area contributed by atoms with Crippen molar-refractivity contribution in [3.05, 3.63) is 47.5 Å². The Morgan fingerprint density at radius 3 is 2.54 bits per heavy atom. The van der Waals surface area contributed by atoms with Crippen LogP contribution in [-0.2, 0) is 9.84 Å². The average molecular weight is 560 g/mol. The van der Waals surface area contributed by atoms with E-state index in [1.54, 1.807) is 11.3 Å². The number of ether oxygens (including phenoxy) is 2. The normalized spacial score (nSPS) is 16.7. The Balaban J connectivity index is 1.19. The van der Waals surface area contributed by atoms with Crippen molar-refractivity contribution in [2.75, 3.05) is 51.6 Å². The van der Waals surface area contributed by atoms with Crippen molar-refractivity contribution in [2.45, 2.75) is 24.3 Å². The lowest BCUT2D eigenvalue weighted by atomic mass is 10.2. The minimum atomic E-state index is -4.89. The first-order valence-corrected chi connectivity index (χ1v) is 14.1. The molecule has 0 radical (unpaired) electrons. The Morgan fingerprint density at radius 2 is 1.81 bits per heavy atom. The summed E-state index contributed by atoms with van der Waals surface area (Å²) in [6.45, 7) is 5.29. The monoisotopic (exact) mass is 559 g/mol. The van der Waals surface area contributed by atoms with Crippen LogP contribution >= 0.6 is 11.3 Å². The molecule has 1 saturated heterocycles. The molecule has 1 fully saturated rings. The zero-order chi connectivity index (χ0) is 26.6. The fourth-order valence-electron chi connectivity index (χ4n) is 4.08. The Morgan fingerprint density at radius 1 is 1.08 bits per heavy atom. The van der Waals surface area contributed by atoms with Crippen molar-refractivity contribution >= 4 is 31.4 Å². The molecule has 4 rings (SSSR count). The highest BCUT2D eigenvalue weighted by molar-refractivity contribution is 7.91. The van der Waals surface area contributed by atoms with Gasteiger partial charge in [-0.1, -0.05) is 6.07 Å². The molecule has 0 spiro atoms. The molecule has 13 heteroatoms.